The number of nitrogens with zero attached hydrogens (tertiary/aromatic N) is 5. The molecule has 2 fully saturated rings. The number of hydrogen-bond acceptors (Lipinski definition) is 5. The summed E-state index contributed by atoms with van der Waals surface area (Å²) >= 11 is 0. The number of nitriles is 1. The summed E-state index contributed by atoms with van der Waals surface area (Å²) < 4.78 is 13.3. The summed E-state index contributed by atoms with van der Waals surface area (Å²) in [6, 6.07) is 8.65. The summed E-state index contributed by atoms with van der Waals surface area (Å²) in [6.07, 6.45) is 3.53. The van der Waals surface area contributed by atoms with Gasteiger partial charge < -0.3 is 9.80 Å². The maximum Gasteiger partial charge on any atom is 0.225 e. The van der Waals surface area contributed by atoms with E-state index in [9.17, 15) is 9.18 Å². The second-order valence-corrected chi connectivity index (χ2v) is 7.97. The molecule has 156 valence electrons. The summed E-state index contributed by atoms with van der Waals surface area (Å²) in [5.41, 5.74) is 2.94. The van der Waals surface area contributed by atoms with Gasteiger partial charge in [0, 0.05) is 49.8 Å². The van der Waals surface area contributed by atoms with Gasteiger partial charge in [-0.05, 0) is 37.0 Å². The minimum absolute atomic E-state index is 0.164. The highest BCUT2D eigenvalue weighted by Gasteiger charge is 2.35. The lowest BCUT2D eigenvalue weighted by Crippen LogP contribution is -2.49. The molecule has 1 aliphatic heterocycles. The van der Waals surface area contributed by atoms with Crippen LogP contribution in [0.1, 0.15) is 42.4 Å². The fraction of sp³-hybridized carbons (Fsp3) is 0.478. The van der Waals surface area contributed by atoms with E-state index in [0.29, 0.717) is 38.4 Å². The van der Waals surface area contributed by atoms with Crippen molar-refractivity contribution in [2.24, 2.45) is 5.92 Å². The average Bonchev–Trinajstić information content (AvgIpc) is 3.61. The summed E-state index contributed by atoms with van der Waals surface area (Å²) in [6.45, 7) is 4.83. The Morgan fingerprint density at radius 3 is 2.47 bits per heavy atom. The van der Waals surface area contributed by atoms with Crippen LogP contribution in [0, 0.1) is 23.1 Å². The largest absolute Gasteiger partial charge is 0.353 e. The van der Waals surface area contributed by atoms with Crippen molar-refractivity contribution < 1.29 is 9.18 Å². The van der Waals surface area contributed by atoms with E-state index in [4.69, 9.17) is 10.2 Å². The molecule has 0 radical (unpaired) electrons. The van der Waals surface area contributed by atoms with Gasteiger partial charge in [0.05, 0.1) is 12.5 Å². The molecule has 1 amide bonds. The molecule has 0 bridgehead atoms. The number of halogens is 1. The van der Waals surface area contributed by atoms with Crippen molar-refractivity contribution in [3.63, 3.8) is 0 Å². The van der Waals surface area contributed by atoms with Crippen LogP contribution in [0.15, 0.2) is 24.3 Å². The highest BCUT2D eigenvalue weighted by Crippen LogP contribution is 2.32. The summed E-state index contributed by atoms with van der Waals surface area (Å²) in [5.74, 6) is 1.63. The Kier molecular flexibility index (Phi) is 5.93. The molecule has 1 aromatic heterocycles. The number of piperazine rings is 1. The first-order valence-electron chi connectivity index (χ1n) is 10.6. The van der Waals surface area contributed by atoms with Crippen LogP contribution in [-0.4, -0.2) is 47.0 Å². The third-order valence-electron chi connectivity index (χ3n) is 5.80. The fourth-order valence-corrected chi connectivity index (χ4v) is 3.99. The van der Waals surface area contributed by atoms with Crippen LogP contribution in [0.5, 0.6) is 0 Å². The maximum atomic E-state index is 13.3. The van der Waals surface area contributed by atoms with Crippen molar-refractivity contribution in [3.05, 3.63) is 52.7 Å². The van der Waals surface area contributed by atoms with Gasteiger partial charge in [0.25, 0.3) is 0 Å². The first kappa shape index (κ1) is 20.3. The number of anilines is 1. The Morgan fingerprint density at radius 1 is 1.17 bits per heavy atom. The normalized spacial score (nSPS) is 16.4. The SMILES string of the molecule is CCc1nc(CC#N)nc(N2CCN(C(=O)C3CC3)CC2)c1Cc1ccc(F)cc1. The highest BCUT2D eigenvalue weighted by molar-refractivity contribution is 5.81. The number of amides is 1. The standard InChI is InChI=1S/C23H26FN5O/c1-2-20-19(15-16-3-7-18(24)8-4-16)22(27-21(26-20)9-10-25)28-11-13-29(14-12-28)23(30)17-5-6-17/h3-4,7-8,17H,2,5-6,9,11-15H2,1H3. The van der Waals surface area contributed by atoms with E-state index in [-0.39, 0.29) is 24.1 Å². The van der Waals surface area contributed by atoms with Crippen molar-refractivity contribution in [2.45, 2.75) is 39.0 Å². The molecular formula is C23H26FN5O. The Morgan fingerprint density at radius 2 is 1.87 bits per heavy atom. The fourth-order valence-electron chi connectivity index (χ4n) is 3.99. The van der Waals surface area contributed by atoms with E-state index < -0.39 is 0 Å². The van der Waals surface area contributed by atoms with Crippen LogP contribution in [-0.2, 0) is 24.1 Å². The monoisotopic (exact) mass is 407 g/mol. The third kappa shape index (κ3) is 4.43. The van der Waals surface area contributed by atoms with Gasteiger partial charge >= 0.3 is 0 Å². The molecular weight excluding hydrogens is 381 g/mol. The van der Waals surface area contributed by atoms with Crippen LogP contribution in [0.4, 0.5) is 10.2 Å². The van der Waals surface area contributed by atoms with Crippen molar-refractivity contribution in [1.29, 1.82) is 5.26 Å². The molecule has 2 aliphatic rings. The predicted octanol–water partition coefficient (Wildman–Crippen LogP) is 2.89. The van der Waals surface area contributed by atoms with Gasteiger partial charge in [0.1, 0.15) is 17.5 Å². The summed E-state index contributed by atoms with van der Waals surface area (Å²) in [4.78, 5) is 25.9. The second-order valence-electron chi connectivity index (χ2n) is 7.97. The van der Waals surface area contributed by atoms with Crippen molar-refractivity contribution in [3.8, 4) is 6.07 Å². The first-order valence-corrected chi connectivity index (χ1v) is 10.6. The van der Waals surface area contributed by atoms with E-state index >= 15 is 0 Å². The van der Waals surface area contributed by atoms with Gasteiger partial charge in [-0.1, -0.05) is 19.1 Å². The van der Waals surface area contributed by atoms with E-state index in [1.54, 1.807) is 12.1 Å². The number of benzene rings is 1. The zero-order valence-corrected chi connectivity index (χ0v) is 17.3. The molecule has 0 atom stereocenters. The smallest absolute Gasteiger partial charge is 0.225 e. The lowest BCUT2D eigenvalue weighted by Gasteiger charge is -2.36. The Hall–Kier alpha value is -3.01. The van der Waals surface area contributed by atoms with Crippen LogP contribution < -0.4 is 4.90 Å². The Bertz CT molecular complexity index is 957. The second kappa shape index (κ2) is 8.78. The van der Waals surface area contributed by atoms with Gasteiger partial charge in [-0.2, -0.15) is 5.26 Å². The molecule has 0 N–H and O–H groups in total. The number of aromatic nitrogens is 2. The molecule has 2 aromatic rings. The lowest BCUT2D eigenvalue weighted by atomic mass is 10.0. The van der Waals surface area contributed by atoms with Gasteiger partial charge in [0.15, 0.2) is 0 Å². The number of carbonyl (C=O) groups excluding carboxylic acids is 1. The third-order valence-corrected chi connectivity index (χ3v) is 5.80. The molecule has 1 aromatic carbocycles. The van der Waals surface area contributed by atoms with Crippen molar-refractivity contribution >= 4 is 11.7 Å². The zero-order valence-electron chi connectivity index (χ0n) is 17.3. The number of hydrogen-bond donors (Lipinski definition) is 0. The molecule has 2 heterocycles. The van der Waals surface area contributed by atoms with Crippen LogP contribution in [0.25, 0.3) is 0 Å². The molecule has 4 rings (SSSR count). The molecule has 7 heteroatoms. The van der Waals surface area contributed by atoms with Crippen LogP contribution in [0.3, 0.4) is 0 Å². The molecule has 1 saturated heterocycles. The molecule has 30 heavy (non-hydrogen) atoms. The van der Waals surface area contributed by atoms with E-state index in [2.05, 4.69) is 16.0 Å². The van der Waals surface area contributed by atoms with Crippen LogP contribution >= 0.6 is 0 Å². The summed E-state index contributed by atoms with van der Waals surface area (Å²) in [5, 5.41) is 9.15. The van der Waals surface area contributed by atoms with E-state index in [1.807, 2.05) is 11.8 Å². The summed E-state index contributed by atoms with van der Waals surface area (Å²) in [7, 11) is 0. The molecule has 0 spiro atoms. The Labute approximate surface area is 176 Å². The number of rotatable bonds is 6. The minimum Gasteiger partial charge on any atom is -0.353 e. The average molecular weight is 407 g/mol. The molecule has 6 nitrogen and oxygen atoms in total. The van der Waals surface area contributed by atoms with Gasteiger partial charge in [-0.3, -0.25) is 4.79 Å². The van der Waals surface area contributed by atoms with E-state index in [1.165, 1.54) is 12.1 Å². The van der Waals surface area contributed by atoms with E-state index in [0.717, 1.165) is 41.9 Å². The van der Waals surface area contributed by atoms with Gasteiger partial charge in [-0.15, -0.1) is 0 Å². The maximum absolute atomic E-state index is 13.3. The van der Waals surface area contributed by atoms with Crippen molar-refractivity contribution in [2.75, 3.05) is 31.1 Å². The molecule has 0 unspecified atom stereocenters. The predicted molar refractivity (Wildman–Crippen MR) is 111 cm³/mol. The lowest BCUT2D eigenvalue weighted by molar-refractivity contribution is -0.132. The molecule has 1 aliphatic carbocycles. The number of carbonyl (C=O) groups is 1. The van der Waals surface area contributed by atoms with Gasteiger partial charge in [-0.25, -0.2) is 14.4 Å². The van der Waals surface area contributed by atoms with Crippen LogP contribution in [0.2, 0.25) is 0 Å². The topological polar surface area (TPSA) is 73.1 Å². The zero-order chi connectivity index (χ0) is 21.1. The number of aryl methyl sites for hydroxylation is 1. The first-order chi connectivity index (χ1) is 14.6. The minimum atomic E-state index is -0.258. The van der Waals surface area contributed by atoms with Gasteiger partial charge in [0.2, 0.25) is 5.91 Å². The Balaban J connectivity index is 1.62. The quantitative estimate of drug-likeness (QED) is 0.736. The highest BCUT2D eigenvalue weighted by atomic mass is 19.1. The van der Waals surface area contributed by atoms with Crippen molar-refractivity contribution in [1.82, 2.24) is 14.9 Å². The molecule has 1 saturated carbocycles.